The number of hydrogen-bond donors (Lipinski definition) is 3. The van der Waals surface area contributed by atoms with Gasteiger partial charge in [0.15, 0.2) is 11.5 Å². The van der Waals surface area contributed by atoms with Crippen LogP contribution in [0.25, 0.3) is 0 Å². The van der Waals surface area contributed by atoms with Crippen LogP contribution in [0.4, 0.5) is 5.69 Å². The average Bonchev–Trinajstić information content (AvgIpc) is 2.35. The molecule has 0 heterocycles. The highest BCUT2D eigenvalue weighted by molar-refractivity contribution is 5.81. The number of rotatable bonds is 3. The summed E-state index contributed by atoms with van der Waals surface area (Å²) in [5.41, 5.74) is 4.43. The molecular weight excluding hydrogens is 216 g/mol. The molecule has 2 aromatic rings. The fourth-order valence-corrected chi connectivity index (χ4v) is 1.31. The van der Waals surface area contributed by atoms with Crippen molar-refractivity contribution in [3.8, 4) is 11.5 Å². The third kappa shape index (κ3) is 2.98. The van der Waals surface area contributed by atoms with Crippen LogP contribution in [0, 0.1) is 0 Å². The number of para-hydroxylation sites is 1. The van der Waals surface area contributed by atoms with Crippen molar-refractivity contribution in [2.45, 2.75) is 0 Å². The second-order valence-corrected chi connectivity index (χ2v) is 3.48. The van der Waals surface area contributed by atoms with Gasteiger partial charge in [0.25, 0.3) is 0 Å². The Kier molecular flexibility index (Phi) is 3.25. The van der Waals surface area contributed by atoms with E-state index in [-0.39, 0.29) is 11.5 Å². The van der Waals surface area contributed by atoms with Crippen molar-refractivity contribution < 1.29 is 10.2 Å². The zero-order valence-electron chi connectivity index (χ0n) is 9.04. The minimum atomic E-state index is -0.159. The van der Waals surface area contributed by atoms with Crippen LogP contribution in [-0.4, -0.2) is 16.4 Å². The first-order valence-electron chi connectivity index (χ1n) is 5.12. The quantitative estimate of drug-likeness (QED) is 0.429. The lowest BCUT2D eigenvalue weighted by atomic mass is 10.2. The van der Waals surface area contributed by atoms with Gasteiger partial charge in [0.05, 0.1) is 11.9 Å². The van der Waals surface area contributed by atoms with Crippen LogP contribution >= 0.6 is 0 Å². The van der Waals surface area contributed by atoms with Gasteiger partial charge in [-0.05, 0) is 35.9 Å². The van der Waals surface area contributed by atoms with E-state index < -0.39 is 0 Å². The summed E-state index contributed by atoms with van der Waals surface area (Å²) in [5, 5.41) is 22.4. The maximum atomic E-state index is 9.28. The third-order valence-electron chi connectivity index (χ3n) is 2.18. The van der Waals surface area contributed by atoms with Gasteiger partial charge in [-0.15, -0.1) is 0 Å². The van der Waals surface area contributed by atoms with Crippen molar-refractivity contribution in [2.24, 2.45) is 5.10 Å². The molecule has 0 amide bonds. The SMILES string of the molecule is Oc1ccc(/C=N\Nc2ccccc2)cc1O. The van der Waals surface area contributed by atoms with Crippen LogP contribution in [0.15, 0.2) is 53.6 Å². The molecule has 2 aromatic carbocycles. The molecule has 0 saturated carbocycles. The van der Waals surface area contributed by atoms with Crippen molar-refractivity contribution in [1.29, 1.82) is 0 Å². The number of nitrogens with one attached hydrogen (secondary N) is 1. The van der Waals surface area contributed by atoms with Crippen LogP contribution in [0.1, 0.15) is 5.56 Å². The van der Waals surface area contributed by atoms with Gasteiger partial charge in [-0.2, -0.15) is 5.10 Å². The zero-order chi connectivity index (χ0) is 12.1. The first-order chi connectivity index (χ1) is 8.25. The van der Waals surface area contributed by atoms with Gasteiger partial charge in [-0.3, -0.25) is 5.43 Å². The van der Waals surface area contributed by atoms with Crippen LogP contribution in [0.2, 0.25) is 0 Å². The molecule has 2 rings (SSSR count). The number of aromatic hydroxyl groups is 2. The van der Waals surface area contributed by atoms with E-state index in [0.717, 1.165) is 5.69 Å². The Balaban J connectivity index is 2.03. The summed E-state index contributed by atoms with van der Waals surface area (Å²) in [6, 6.07) is 14.0. The van der Waals surface area contributed by atoms with Crippen LogP contribution < -0.4 is 5.43 Å². The molecule has 0 atom stereocenters. The number of phenolic OH excluding ortho intramolecular Hbond substituents is 2. The van der Waals surface area contributed by atoms with Crippen molar-refractivity contribution in [1.82, 2.24) is 0 Å². The number of phenols is 2. The Bertz CT molecular complexity index is 524. The van der Waals surface area contributed by atoms with Crippen molar-refractivity contribution in [2.75, 3.05) is 5.43 Å². The van der Waals surface area contributed by atoms with Crippen LogP contribution in [-0.2, 0) is 0 Å². The first kappa shape index (κ1) is 11.0. The summed E-state index contributed by atoms with van der Waals surface area (Å²) in [7, 11) is 0. The molecule has 0 spiro atoms. The number of benzene rings is 2. The molecule has 4 heteroatoms. The molecule has 17 heavy (non-hydrogen) atoms. The lowest BCUT2D eigenvalue weighted by Crippen LogP contribution is -1.89. The topological polar surface area (TPSA) is 64.9 Å². The third-order valence-corrected chi connectivity index (χ3v) is 2.18. The molecule has 0 aliphatic heterocycles. The van der Waals surface area contributed by atoms with E-state index in [4.69, 9.17) is 5.11 Å². The fraction of sp³-hybridized carbons (Fsp3) is 0. The average molecular weight is 228 g/mol. The van der Waals surface area contributed by atoms with Crippen LogP contribution in [0.3, 0.4) is 0 Å². The van der Waals surface area contributed by atoms with Gasteiger partial charge < -0.3 is 10.2 Å². The van der Waals surface area contributed by atoms with E-state index in [1.807, 2.05) is 30.3 Å². The molecule has 0 fully saturated rings. The highest BCUT2D eigenvalue weighted by Crippen LogP contribution is 2.23. The highest BCUT2D eigenvalue weighted by Gasteiger charge is 1.97. The predicted octanol–water partition coefficient (Wildman–Crippen LogP) is 2.54. The Hall–Kier alpha value is -2.49. The summed E-state index contributed by atoms with van der Waals surface area (Å²) in [5.74, 6) is -0.299. The smallest absolute Gasteiger partial charge is 0.158 e. The molecule has 0 aliphatic rings. The number of nitrogens with zero attached hydrogens (tertiary/aromatic N) is 1. The zero-order valence-corrected chi connectivity index (χ0v) is 9.04. The summed E-state index contributed by atoms with van der Waals surface area (Å²) < 4.78 is 0. The second kappa shape index (κ2) is 5.03. The monoisotopic (exact) mass is 228 g/mol. The second-order valence-electron chi connectivity index (χ2n) is 3.48. The van der Waals surface area contributed by atoms with Gasteiger partial charge >= 0.3 is 0 Å². The Morgan fingerprint density at radius 2 is 1.71 bits per heavy atom. The van der Waals surface area contributed by atoms with Gasteiger partial charge in [0, 0.05) is 0 Å². The number of anilines is 1. The maximum Gasteiger partial charge on any atom is 0.158 e. The molecule has 0 aromatic heterocycles. The minimum Gasteiger partial charge on any atom is -0.504 e. The fourth-order valence-electron chi connectivity index (χ4n) is 1.31. The minimum absolute atomic E-state index is 0.141. The molecule has 0 unspecified atom stereocenters. The van der Waals surface area contributed by atoms with E-state index in [2.05, 4.69) is 10.5 Å². The lowest BCUT2D eigenvalue weighted by molar-refractivity contribution is 0.403. The van der Waals surface area contributed by atoms with Crippen LogP contribution in [0.5, 0.6) is 11.5 Å². The van der Waals surface area contributed by atoms with Gasteiger partial charge in [-0.1, -0.05) is 18.2 Å². The molecule has 0 saturated heterocycles. The predicted molar refractivity (Wildman–Crippen MR) is 67.4 cm³/mol. The standard InChI is InChI=1S/C13H12N2O2/c16-12-7-6-10(8-13(12)17)9-14-15-11-4-2-1-3-5-11/h1-9,15-17H/b14-9-. The Labute approximate surface area is 98.9 Å². The normalized spacial score (nSPS) is 10.6. The van der Waals surface area contributed by atoms with Crippen molar-refractivity contribution in [3.05, 3.63) is 54.1 Å². The summed E-state index contributed by atoms with van der Waals surface area (Å²) in [6.07, 6.45) is 1.56. The summed E-state index contributed by atoms with van der Waals surface area (Å²) in [6.45, 7) is 0. The summed E-state index contributed by atoms with van der Waals surface area (Å²) >= 11 is 0. The van der Waals surface area contributed by atoms with Crippen molar-refractivity contribution in [3.63, 3.8) is 0 Å². The molecule has 0 aliphatic carbocycles. The molecule has 0 bridgehead atoms. The van der Waals surface area contributed by atoms with Gasteiger partial charge in [0.1, 0.15) is 0 Å². The Morgan fingerprint density at radius 3 is 2.41 bits per heavy atom. The molecule has 86 valence electrons. The first-order valence-corrected chi connectivity index (χ1v) is 5.12. The van der Waals surface area contributed by atoms with E-state index in [1.54, 1.807) is 12.3 Å². The Morgan fingerprint density at radius 1 is 0.941 bits per heavy atom. The van der Waals surface area contributed by atoms with E-state index in [0.29, 0.717) is 5.56 Å². The molecule has 0 radical (unpaired) electrons. The molecule has 3 N–H and O–H groups in total. The van der Waals surface area contributed by atoms with E-state index in [1.165, 1.54) is 12.1 Å². The molecular formula is C13H12N2O2. The van der Waals surface area contributed by atoms with E-state index >= 15 is 0 Å². The maximum absolute atomic E-state index is 9.28. The largest absolute Gasteiger partial charge is 0.504 e. The molecule has 4 nitrogen and oxygen atoms in total. The number of hydrazone groups is 1. The lowest BCUT2D eigenvalue weighted by Gasteiger charge is -2.00. The van der Waals surface area contributed by atoms with Gasteiger partial charge in [0.2, 0.25) is 0 Å². The number of hydrogen-bond acceptors (Lipinski definition) is 4. The highest BCUT2D eigenvalue weighted by atomic mass is 16.3. The van der Waals surface area contributed by atoms with Crippen molar-refractivity contribution >= 4 is 11.9 Å². The van der Waals surface area contributed by atoms with Gasteiger partial charge in [-0.25, -0.2) is 0 Å². The summed E-state index contributed by atoms with van der Waals surface area (Å²) in [4.78, 5) is 0. The van der Waals surface area contributed by atoms with E-state index in [9.17, 15) is 5.11 Å².